The third kappa shape index (κ3) is 4.16. The van der Waals surface area contributed by atoms with Crippen molar-refractivity contribution in [1.29, 1.82) is 0 Å². The molecule has 128 valence electrons. The number of rotatable bonds is 5. The van der Waals surface area contributed by atoms with E-state index in [1.165, 1.54) is 0 Å². The van der Waals surface area contributed by atoms with Crippen LogP contribution in [0.1, 0.15) is 36.8 Å². The fourth-order valence-electron chi connectivity index (χ4n) is 3.29. The summed E-state index contributed by atoms with van der Waals surface area (Å²) in [6, 6.07) is 4.06. The minimum absolute atomic E-state index is 0.0594. The number of carbonyl (C=O) groups excluding carboxylic acids is 1. The molecule has 1 amide bonds. The van der Waals surface area contributed by atoms with Gasteiger partial charge < -0.3 is 20.1 Å². The minimum atomic E-state index is 0.0594. The molecule has 0 radical (unpaired) electrons. The van der Waals surface area contributed by atoms with Gasteiger partial charge in [0, 0.05) is 25.6 Å². The number of carbonyl (C=O) groups is 1. The van der Waals surface area contributed by atoms with Gasteiger partial charge in [0.25, 0.3) is 0 Å². The lowest BCUT2D eigenvalue weighted by Gasteiger charge is -2.29. The average molecular weight is 320 g/mol. The Morgan fingerprint density at radius 2 is 1.91 bits per heavy atom. The average Bonchev–Trinajstić information content (AvgIpc) is 2.55. The fraction of sp³-hybridized carbons (Fsp3) is 0.611. The highest BCUT2D eigenvalue weighted by atomic mass is 16.5. The number of amides is 1. The van der Waals surface area contributed by atoms with Crippen LogP contribution in [0.15, 0.2) is 12.1 Å². The molecule has 23 heavy (non-hydrogen) atoms. The molecule has 1 aliphatic rings. The van der Waals surface area contributed by atoms with Crippen molar-refractivity contribution >= 4 is 5.91 Å². The van der Waals surface area contributed by atoms with Gasteiger partial charge in [0.1, 0.15) is 0 Å². The molecule has 0 aliphatic heterocycles. The van der Waals surface area contributed by atoms with Gasteiger partial charge in [-0.3, -0.25) is 4.79 Å². The summed E-state index contributed by atoms with van der Waals surface area (Å²) in [4.78, 5) is 14.5. The summed E-state index contributed by atoms with van der Waals surface area (Å²) in [7, 11) is 5.10. The van der Waals surface area contributed by atoms with Gasteiger partial charge in [-0.25, -0.2) is 0 Å². The Kier molecular flexibility index (Phi) is 5.88. The molecule has 5 heteroatoms. The maximum absolute atomic E-state index is 12.7. The summed E-state index contributed by atoms with van der Waals surface area (Å²) >= 11 is 0. The fourth-order valence-corrected chi connectivity index (χ4v) is 3.29. The number of hydrogen-bond donors (Lipinski definition) is 1. The summed E-state index contributed by atoms with van der Waals surface area (Å²) in [5, 5.41) is 0. The van der Waals surface area contributed by atoms with Gasteiger partial charge in [-0.05, 0) is 49.4 Å². The maximum atomic E-state index is 12.7. The van der Waals surface area contributed by atoms with E-state index < -0.39 is 0 Å². The van der Waals surface area contributed by atoms with Crippen molar-refractivity contribution in [3.05, 3.63) is 23.3 Å². The van der Waals surface area contributed by atoms with Gasteiger partial charge in [0.15, 0.2) is 11.5 Å². The molecule has 0 saturated heterocycles. The summed E-state index contributed by atoms with van der Waals surface area (Å²) in [5.41, 5.74) is 8.16. The van der Waals surface area contributed by atoms with Crippen molar-refractivity contribution in [3.8, 4) is 11.5 Å². The monoisotopic (exact) mass is 320 g/mol. The first-order valence-corrected chi connectivity index (χ1v) is 8.18. The predicted octanol–water partition coefficient (Wildman–Crippen LogP) is 2.49. The Morgan fingerprint density at radius 1 is 1.26 bits per heavy atom. The van der Waals surface area contributed by atoms with E-state index in [-0.39, 0.29) is 17.9 Å². The molecule has 0 bridgehead atoms. The second kappa shape index (κ2) is 7.68. The standard InChI is InChI=1S/C18H28N2O3/c1-12-8-16(22-3)17(23-4)10-14(12)11-20(2)18(21)13-6-5-7-15(19)9-13/h8,10,13,15H,5-7,9,11,19H2,1-4H3/t13-,15+/m0/s1. The number of nitrogens with zero attached hydrogens (tertiary/aromatic N) is 1. The van der Waals surface area contributed by atoms with Crippen LogP contribution in [0.4, 0.5) is 0 Å². The number of methoxy groups -OCH3 is 2. The van der Waals surface area contributed by atoms with E-state index >= 15 is 0 Å². The Morgan fingerprint density at radius 3 is 2.52 bits per heavy atom. The number of hydrogen-bond acceptors (Lipinski definition) is 4. The van der Waals surface area contributed by atoms with Crippen LogP contribution in [-0.2, 0) is 11.3 Å². The first-order chi connectivity index (χ1) is 11.0. The summed E-state index contributed by atoms with van der Waals surface area (Å²) in [5.74, 6) is 1.65. The van der Waals surface area contributed by atoms with E-state index in [1.54, 1.807) is 19.1 Å². The molecule has 2 atom stereocenters. The van der Waals surface area contributed by atoms with Gasteiger partial charge in [-0.15, -0.1) is 0 Å². The molecule has 1 aromatic carbocycles. The third-order valence-corrected chi connectivity index (χ3v) is 4.69. The topological polar surface area (TPSA) is 64.8 Å². The first kappa shape index (κ1) is 17.6. The van der Waals surface area contributed by atoms with Crippen LogP contribution in [-0.4, -0.2) is 38.1 Å². The third-order valence-electron chi connectivity index (χ3n) is 4.69. The molecule has 1 saturated carbocycles. The van der Waals surface area contributed by atoms with Crippen molar-refractivity contribution < 1.29 is 14.3 Å². The van der Waals surface area contributed by atoms with Gasteiger partial charge in [0.05, 0.1) is 14.2 Å². The second-order valence-electron chi connectivity index (χ2n) is 6.45. The Bertz CT molecular complexity index is 559. The quantitative estimate of drug-likeness (QED) is 0.905. The summed E-state index contributed by atoms with van der Waals surface area (Å²) in [6.45, 7) is 2.59. The number of aryl methyl sites for hydroxylation is 1. The highest BCUT2D eigenvalue weighted by molar-refractivity contribution is 5.78. The van der Waals surface area contributed by atoms with E-state index in [9.17, 15) is 4.79 Å². The lowest BCUT2D eigenvalue weighted by molar-refractivity contribution is -0.135. The summed E-state index contributed by atoms with van der Waals surface area (Å²) in [6.07, 6.45) is 3.82. The van der Waals surface area contributed by atoms with E-state index in [4.69, 9.17) is 15.2 Å². The highest BCUT2D eigenvalue weighted by Crippen LogP contribution is 2.31. The van der Waals surface area contributed by atoms with Crippen LogP contribution >= 0.6 is 0 Å². The SMILES string of the molecule is COc1cc(C)c(CN(C)C(=O)[C@H]2CCC[C@@H](N)C2)cc1OC. The molecule has 0 aromatic heterocycles. The second-order valence-corrected chi connectivity index (χ2v) is 6.45. The van der Waals surface area contributed by atoms with E-state index in [0.29, 0.717) is 18.0 Å². The van der Waals surface area contributed by atoms with Crippen molar-refractivity contribution in [1.82, 2.24) is 4.90 Å². The molecule has 5 nitrogen and oxygen atoms in total. The summed E-state index contributed by atoms with van der Waals surface area (Å²) < 4.78 is 10.7. The van der Waals surface area contributed by atoms with Crippen molar-refractivity contribution in [2.24, 2.45) is 11.7 Å². The van der Waals surface area contributed by atoms with Crippen LogP contribution in [0.2, 0.25) is 0 Å². The van der Waals surface area contributed by atoms with Gasteiger partial charge in [0.2, 0.25) is 5.91 Å². The molecule has 2 N–H and O–H groups in total. The highest BCUT2D eigenvalue weighted by Gasteiger charge is 2.27. The molecule has 1 fully saturated rings. The normalized spacial score (nSPS) is 20.9. The number of nitrogens with two attached hydrogens (primary N) is 1. The molecular formula is C18H28N2O3. The minimum Gasteiger partial charge on any atom is -0.493 e. The van der Waals surface area contributed by atoms with Gasteiger partial charge in [-0.1, -0.05) is 6.42 Å². The van der Waals surface area contributed by atoms with E-state index in [2.05, 4.69) is 0 Å². The van der Waals surface area contributed by atoms with E-state index in [1.807, 2.05) is 26.1 Å². The van der Waals surface area contributed by atoms with Gasteiger partial charge >= 0.3 is 0 Å². The Balaban J connectivity index is 2.10. The molecule has 2 rings (SSSR count). The molecule has 0 unspecified atom stereocenters. The first-order valence-electron chi connectivity index (χ1n) is 8.18. The van der Waals surface area contributed by atoms with Crippen LogP contribution < -0.4 is 15.2 Å². The maximum Gasteiger partial charge on any atom is 0.225 e. The van der Waals surface area contributed by atoms with Crippen LogP contribution in [0.3, 0.4) is 0 Å². The zero-order valence-corrected chi connectivity index (χ0v) is 14.6. The number of ether oxygens (including phenoxy) is 2. The zero-order valence-electron chi connectivity index (χ0n) is 14.6. The largest absolute Gasteiger partial charge is 0.493 e. The lowest BCUT2D eigenvalue weighted by atomic mass is 9.85. The molecule has 0 spiro atoms. The van der Waals surface area contributed by atoms with Crippen LogP contribution in [0, 0.1) is 12.8 Å². The Labute approximate surface area is 138 Å². The Hall–Kier alpha value is -1.75. The van der Waals surface area contributed by atoms with Crippen molar-refractivity contribution in [3.63, 3.8) is 0 Å². The predicted molar refractivity (Wildman–Crippen MR) is 90.7 cm³/mol. The van der Waals surface area contributed by atoms with Crippen molar-refractivity contribution in [2.45, 2.75) is 45.2 Å². The molecule has 0 heterocycles. The van der Waals surface area contributed by atoms with Gasteiger partial charge in [-0.2, -0.15) is 0 Å². The number of benzene rings is 1. The molecule has 1 aliphatic carbocycles. The van der Waals surface area contributed by atoms with E-state index in [0.717, 1.165) is 36.8 Å². The van der Waals surface area contributed by atoms with Crippen LogP contribution in [0.5, 0.6) is 11.5 Å². The zero-order chi connectivity index (χ0) is 17.0. The smallest absolute Gasteiger partial charge is 0.225 e. The lowest BCUT2D eigenvalue weighted by Crippen LogP contribution is -2.38. The van der Waals surface area contributed by atoms with Crippen molar-refractivity contribution in [2.75, 3.05) is 21.3 Å². The van der Waals surface area contributed by atoms with Crippen LogP contribution in [0.25, 0.3) is 0 Å². The molecule has 1 aromatic rings. The molecular weight excluding hydrogens is 292 g/mol.